The number of ether oxygens (including phenoxy) is 1. The van der Waals surface area contributed by atoms with Crippen molar-refractivity contribution in [3.05, 3.63) is 28.2 Å². The van der Waals surface area contributed by atoms with Crippen molar-refractivity contribution in [3.8, 4) is 5.75 Å². The summed E-state index contributed by atoms with van der Waals surface area (Å²) in [5.41, 5.74) is 5.81. The van der Waals surface area contributed by atoms with E-state index in [0.29, 0.717) is 18.3 Å². The first kappa shape index (κ1) is 14.8. The summed E-state index contributed by atoms with van der Waals surface area (Å²) in [6.07, 6.45) is 2.40. The molecule has 3 amide bonds. The molecule has 108 valence electrons. The smallest absolute Gasteiger partial charge is 0.318 e. The van der Waals surface area contributed by atoms with Gasteiger partial charge in [0.15, 0.2) is 6.61 Å². The summed E-state index contributed by atoms with van der Waals surface area (Å²) in [5, 5.41) is 5.34. The number of hydrogen-bond acceptors (Lipinski definition) is 4. The average Bonchev–Trinajstić information content (AvgIpc) is 3.18. The van der Waals surface area contributed by atoms with E-state index in [1.165, 1.54) is 12.8 Å². The highest BCUT2D eigenvalue weighted by molar-refractivity contribution is 9.10. The molecular weight excluding hydrogens is 326 g/mol. The number of carbonyl (C=O) groups is 2. The lowest BCUT2D eigenvalue weighted by molar-refractivity contribution is -0.121. The molecule has 0 spiro atoms. The molecule has 7 heteroatoms. The van der Waals surface area contributed by atoms with E-state index in [9.17, 15) is 9.59 Å². The Morgan fingerprint density at radius 3 is 2.80 bits per heavy atom. The molecule has 0 radical (unpaired) electrons. The summed E-state index contributed by atoms with van der Waals surface area (Å²) in [7, 11) is 0. The van der Waals surface area contributed by atoms with Gasteiger partial charge in [0, 0.05) is 22.6 Å². The van der Waals surface area contributed by atoms with Crippen molar-refractivity contribution in [3.63, 3.8) is 0 Å². The first-order valence-electron chi connectivity index (χ1n) is 6.28. The van der Waals surface area contributed by atoms with Crippen molar-refractivity contribution < 1.29 is 14.3 Å². The SMILES string of the molecule is NC(=O)NC(=O)COc1ccc(Br)cc1CNC1CC1. The van der Waals surface area contributed by atoms with Crippen LogP contribution in [-0.4, -0.2) is 24.6 Å². The molecule has 1 aliphatic carbocycles. The van der Waals surface area contributed by atoms with Gasteiger partial charge in [0.1, 0.15) is 5.75 Å². The summed E-state index contributed by atoms with van der Waals surface area (Å²) < 4.78 is 6.37. The van der Waals surface area contributed by atoms with Crippen LogP contribution in [0.2, 0.25) is 0 Å². The number of nitrogens with two attached hydrogens (primary N) is 1. The Kier molecular flexibility index (Phi) is 4.97. The van der Waals surface area contributed by atoms with E-state index in [1.54, 1.807) is 6.07 Å². The zero-order chi connectivity index (χ0) is 14.5. The van der Waals surface area contributed by atoms with Crippen LogP contribution in [0.4, 0.5) is 4.79 Å². The van der Waals surface area contributed by atoms with Crippen LogP contribution < -0.4 is 21.1 Å². The third-order valence-electron chi connectivity index (χ3n) is 2.80. The molecule has 1 aromatic carbocycles. The van der Waals surface area contributed by atoms with Crippen molar-refractivity contribution in [2.24, 2.45) is 5.73 Å². The summed E-state index contributed by atoms with van der Waals surface area (Å²) in [4.78, 5) is 21.9. The highest BCUT2D eigenvalue weighted by atomic mass is 79.9. The van der Waals surface area contributed by atoms with Crippen LogP contribution in [0, 0.1) is 0 Å². The monoisotopic (exact) mass is 341 g/mol. The molecule has 0 saturated heterocycles. The van der Waals surface area contributed by atoms with E-state index in [-0.39, 0.29) is 6.61 Å². The predicted molar refractivity (Wildman–Crippen MR) is 77.2 cm³/mol. The molecule has 1 saturated carbocycles. The van der Waals surface area contributed by atoms with Crippen molar-refractivity contribution >= 4 is 27.9 Å². The van der Waals surface area contributed by atoms with E-state index in [4.69, 9.17) is 10.5 Å². The molecule has 20 heavy (non-hydrogen) atoms. The molecular formula is C13H16BrN3O3. The second kappa shape index (κ2) is 6.71. The number of halogens is 1. The summed E-state index contributed by atoms with van der Waals surface area (Å²) >= 11 is 3.41. The minimum absolute atomic E-state index is 0.249. The number of carbonyl (C=O) groups excluding carboxylic acids is 2. The fourth-order valence-corrected chi connectivity index (χ4v) is 2.09. The van der Waals surface area contributed by atoms with Gasteiger partial charge in [-0.05, 0) is 31.0 Å². The van der Waals surface area contributed by atoms with Gasteiger partial charge >= 0.3 is 6.03 Å². The number of rotatable bonds is 6. The Balaban J connectivity index is 1.94. The normalized spacial score (nSPS) is 13.8. The molecule has 0 unspecified atom stereocenters. The van der Waals surface area contributed by atoms with Gasteiger partial charge in [0.25, 0.3) is 5.91 Å². The van der Waals surface area contributed by atoms with Crippen LogP contribution in [-0.2, 0) is 11.3 Å². The second-order valence-corrected chi connectivity index (χ2v) is 5.52. The fourth-order valence-electron chi connectivity index (χ4n) is 1.69. The molecule has 0 bridgehead atoms. The lowest BCUT2D eigenvalue weighted by Crippen LogP contribution is -2.38. The number of imide groups is 1. The maximum absolute atomic E-state index is 11.3. The molecule has 0 heterocycles. The number of hydrogen-bond donors (Lipinski definition) is 3. The topological polar surface area (TPSA) is 93.5 Å². The largest absolute Gasteiger partial charge is 0.483 e. The molecule has 1 aliphatic rings. The molecule has 4 N–H and O–H groups in total. The van der Waals surface area contributed by atoms with Gasteiger partial charge in [-0.3, -0.25) is 10.1 Å². The average molecular weight is 342 g/mol. The molecule has 1 fully saturated rings. The van der Waals surface area contributed by atoms with E-state index < -0.39 is 11.9 Å². The molecule has 2 rings (SSSR count). The van der Waals surface area contributed by atoms with Crippen molar-refractivity contribution in [1.29, 1.82) is 0 Å². The molecule has 6 nitrogen and oxygen atoms in total. The highest BCUT2D eigenvalue weighted by Crippen LogP contribution is 2.25. The van der Waals surface area contributed by atoms with Gasteiger partial charge in [0.05, 0.1) is 0 Å². The Bertz CT molecular complexity index is 518. The Morgan fingerprint density at radius 2 is 2.15 bits per heavy atom. The number of benzene rings is 1. The van der Waals surface area contributed by atoms with Gasteiger partial charge in [-0.2, -0.15) is 0 Å². The lowest BCUT2D eigenvalue weighted by Gasteiger charge is -2.12. The lowest BCUT2D eigenvalue weighted by atomic mass is 10.2. The van der Waals surface area contributed by atoms with Gasteiger partial charge in [-0.1, -0.05) is 15.9 Å². The Morgan fingerprint density at radius 1 is 1.40 bits per heavy atom. The van der Waals surface area contributed by atoms with Crippen LogP contribution in [0.25, 0.3) is 0 Å². The zero-order valence-electron chi connectivity index (χ0n) is 10.8. The summed E-state index contributed by atoms with van der Waals surface area (Å²) in [6, 6.07) is 5.26. The molecule has 1 aromatic rings. The van der Waals surface area contributed by atoms with Crippen LogP contribution >= 0.6 is 15.9 Å². The predicted octanol–water partition coefficient (Wildman–Crippen LogP) is 1.27. The zero-order valence-corrected chi connectivity index (χ0v) is 12.4. The number of primary amides is 1. The number of urea groups is 1. The van der Waals surface area contributed by atoms with E-state index in [1.807, 2.05) is 17.4 Å². The third kappa shape index (κ3) is 4.82. The van der Waals surface area contributed by atoms with Crippen LogP contribution in [0.3, 0.4) is 0 Å². The third-order valence-corrected chi connectivity index (χ3v) is 3.30. The van der Waals surface area contributed by atoms with Crippen molar-refractivity contribution in [2.75, 3.05) is 6.61 Å². The number of nitrogens with one attached hydrogen (secondary N) is 2. The Labute approximate surface area is 125 Å². The molecule has 0 atom stereocenters. The van der Waals surface area contributed by atoms with Gasteiger partial charge in [-0.25, -0.2) is 4.79 Å². The van der Waals surface area contributed by atoms with Gasteiger partial charge in [-0.15, -0.1) is 0 Å². The highest BCUT2D eigenvalue weighted by Gasteiger charge is 2.20. The van der Waals surface area contributed by atoms with Crippen molar-refractivity contribution in [1.82, 2.24) is 10.6 Å². The molecule has 0 aromatic heterocycles. The van der Waals surface area contributed by atoms with Crippen LogP contribution in [0.15, 0.2) is 22.7 Å². The minimum atomic E-state index is -0.884. The number of amides is 3. The first-order chi connectivity index (χ1) is 9.54. The summed E-state index contributed by atoms with van der Waals surface area (Å²) in [6.45, 7) is 0.428. The fraction of sp³-hybridized carbons (Fsp3) is 0.385. The standard InChI is InChI=1S/C13H16BrN3O3/c14-9-1-4-11(20-7-12(18)17-13(15)19)8(5-9)6-16-10-2-3-10/h1,4-5,10,16H,2-3,6-7H2,(H3,15,17,18,19). The van der Waals surface area contributed by atoms with Gasteiger partial charge < -0.3 is 15.8 Å². The summed E-state index contributed by atoms with van der Waals surface area (Å²) in [5.74, 6) is 0.0440. The maximum Gasteiger partial charge on any atom is 0.318 e. The van der Waals surface area contributed by atoms with E-state index in [0.717, 1.165) is 10.0 Å². The van der Waals surface area contributed by atoms with Crippen molar-refractivity contribution in [2.45, 2.75) is 25.4 Å². The van der Waals surface area contributed by atoms with E-state index in [2.05, 4.69) is 21.2 Å². The first-order valence-corrected chi connectivity index (χ1v) is 7.08. The Hall–Kier alpha value is -1.60. The van der Waals surface area contributed by atoms with Gasteiger partial charge in [0.2, 0.25) is 0 Å². The molecule has 0 aliphatic heterocycles. The maximum atomic E-state index is 11.3. The minimum Gasteiger partial charge on any atom is -0.483 e. The van der Waals surface area contributed by atoms with E-state index >= 15 is 0 Å². The van der Waals surface area contributed by atoms with Crippen LogP contribution in [0.5, 0.6) is 5.75 Å². The second-order valence-electron chi connectivity index (χ2n) is 4.61. The quantitative estimate of drug-likeness (QED) is 0.726. The van der Waals surface area contributed by atoms with Crippen LogP contribution in [0.1, 0.15) is 18.4 Å².